The minimum absolute atomic E-state index is 0.891. The van der Waals surface area contributed by atoms with Crippen LogP contribution in [0.5, 0.6) is 0 Å². The maximum absolute atomic E-state index is 6.31. The van der Waals surface area contributed by atoms with E-state index in [1.165, 1.54) is 49.7 Å². The summed E-state index contributed by atoms with van der Waals surface area (Å²) in [5, 5.41) is 4.76. The van der Waals surface area contributed by atoms with E-state index in [0.717, 1.165) is 66.8 Å². The Morgan fingerprint density at radius 3 is 1.45 bits per heavy atom. The fourth-order valence-electron chi connectivity index (χ4n) is 9.70. The monoisotopic (exact) mass is 841 g/mol. The van der Waals surface area contributed by atoms with Crippen LogP contribution in [0.2, 0.25) is 0 Å². The van der Waals surface area contributed by atoms with Gasteiger partial charge in [-0.15, -0.1) is 0 Å². The zero-order valence-corrected chi connectivity index (χ0v) is 36.2. The van der Waals surface area contributed by atoms with Crippen LogP contribution in [-0.4, -0.2) is 0 Å². The van der Waals surface area contributed by atoms with Gasteiger partial charge < -0.3 is 9.32 Å². The summed E-state index contributed by atoms with van der Waals surface area (Å²) in [6.07, 6.45) is 0. The van der Waals surface area contributed by atoms with Crippen LogP contribution in [0.25, 0.3) is 99.5 Å². The number of furan rings is 1. The third-order valence-electron chi connectivity index (χ3n) is 12.9. The zero-order valence-electron chi connectivity index (χ0n) is 36.2. The molecular formula is C64H43NO. The van der Waals surface area contributed by atoms with Crippen molar-refractivity contribution < 1.29 is 4.42 Å². The van der Waals surface area contributed by atoms with Crippen molar-refractivity contribution in [1.82, 2.24) is 0 Å². The third kappa shape index (κ3) is 7.12. The molecule has 0 saturated carbocycles. The molecule has 0 fully saturated rings. The Labute approximate surface area is 384 Å². The van der Waals surface area contributed by atoms with Crippen molar-refractivity contribution in [3.05, 3.63) is 261 Å². The quantitative estimate of drug-likeness (QED) is 0.144. The molecule has 2 nitrogen and oxygen atoms in total. The summed E-state index contributed by atoms with van der Waals surface area (Å²) in [5.74, 6) is 0. The van der Waals surface area contributed by atoms with Gasteiger partial charge in [-0.2, -0.15) is 0 Å². The lowest BCUT2D eigenvalue weighted by molar-refractivity contribution is 0.669. The normalized spacial score (nSPS) is 11.3. The molecule has 0 atom stereocenters. The van der Waals surface area contributed by atoms with E-state index in [9.17, 15) is 0 Å². The SMILES string of the molecule is c1ccc(-c2ccccc2-c2c(-c3ccccc3)cccc2N(c2ccc(-c3ccc(-c4ccc5ccccc5c4)cc3)cc2)c2ccc(-c3cccc4oc5ccccc5c34)cc2)cc1. The summed E-state index contributed by atoms with van der Waals surface area (Å²) in [4.78, 5) is 2.42. The van der Waals surface area contributed by atoms with Crippen molar-refractivity contribution >= 4 is 49.8 Å². The Bertz CT molecular complexity index is 3660. The molecule has 2 heteroatoms. The van der Waals surface area contributed by atoms with E-state index in [2.05, 4.69) is 254 Å². The van der Waals surface area contributed by atoms with Crippen molar-refractivity contribution in [3.8, 4) is 66.8 Å². The summed E-state index contributed by atoms with van der Waals surface area (Å²) in [7, 11) is 0. The molecule has 1 aromatic heterocycles. The summed E-state index contributed by atoms with van der Waals surface area (Å²) in [5.41, 5.74) is 19.0. The van der Waals surface area contributed by atoms with Crippen LogP contribution in [0.1, 0.15) is 0 Å². The molecule has 0 amide bonds. The Hall–Kier alpha value is -8.72. The van der Waals surface area contributed by atoms with Crippen LogP contribution in [0.3, 0.4) is 0 Å². The summed E-state index contributed by atoms with van der Waals surface area (Å²) >= 11 is 0. The molecule has 0 N–H and O–H groups in total. The van der Waals surface area contributed by atoms with Gasteiger partial charge in [0.2, 0.25) is 0 Å². The number of rotatable bonds is 9. The minimum Gasteiger partial charge on any atom is -0.456 e. The molecule has 1 heterocycles. The molecule has 0 bridgehead atoms. The first-order valence-electron chi connectivity index (χ1n) is 22.6. The molecule has 0 unspecified atom stereocenters. The molecule has 11 aromatic carbocycles. The van der Waals surface area contributed by atoms with Crippen LogP contribution in [0.15, 0.2) is 265 Å². The maximum atomic E-state index is 6.31. The first kappa shape index (κ1) is 38.9. The van der Waals surface area contributed by atoms with Gasteiger partial charge in [-0.1, -0.05) is 212 Å². The lowest BCUT2D eigenvalue weighted by Gasteiger charge is -2.30. The summed E-state index contributed by atoms with van der Waals surface area (Å²) < 4.78 is 6.31. The summed E-state index contributed by atoms with van der Waals surface area (Å²) in [6.45, 7) is 0. The maximum Gasteiger partial charge on any atom is 0.136 e. The first-order chi connectivity index (χ1) is 32.7. The number of fused-ring (bicyclic) bond motifs is 4. The van der Waals surface area contributed by atoms with Crippen LogP contribution < -0.4 is 4.90 Å². The molecule has 0 radical (unpaired) electrons. The second-order valence-corrected chi connectivity index (χ2v) is 16.8. The number of hydrogen-bond donors (Lipinski definition) is 0. The number of benzene rings is 11. The van der Waals surface area contributed by atoms with Crippen molar-refractivity contribution in [2.45, 2.75) is 0 Å². The molecule has 0 aliphatic carbocycles. The molecule has 0 aliphatic rings. The molecular weight excluding hydrogens is 799 g/mol. The smallest absolute Gasteiger partial charge is 0.136 e. The molecule has 0 aliphatic heterocycles. The third-order valence-corrected chi connectivity index (χ3v) is 12.9. The molecule has 0 spiro atoms. The van der Waals surface area contributed by atoms with Crippen LogP contribution in [-0.2, 0) is 0 Å². The lowest BCUT2D eigenvalue weighted by atomic mass is 9.87. The number of para-hydroxylation sites is 1. The Morgan fingerprint density at radius 1 is 0.273 bits per heavy atom. The lowest BCUT2D eigenvalue weighted by Crippen LogP contribution is -2.12. The average molecular weight is 842 g/mol. The minimum atomic E-state index is 0.891. The van der Waals surface area contributed by atoms with Gasteiger partial charge in [-0.3, -0.25) is 0 Å². The number of nitrogens with zero attached hydrogens (tertiary/aromatic N) is 1. The van der Waals surface area contributed by atoms with Gasteiger partial charge in [-0.25, -0.2) is 0 Å². The van der Waals surface area contributed by atoms with Crippen LogP contribution in [0.4, 0.5) is 17.1 Å². The largest absolute Gasteiger partial charge is 0.456 e. The second-order valence-electron chi connectivity index (χ2n) is 16.8. The predicted molar refractivity (Wildman–Crippen MR) is 279 cm³/mol. The Kier molecular flexibility index (Phi) is 9.89. The highest BCUT2D eigenvalue weighted by Gasteiger charge is 2.23. The van der Waals surface area contributed by atoms with E-state index < -0.39 is 0 Å². The molecule has 0 saturated heterocycles. The Balaban J connectivity index is 1.01. The number of anilines is 3. The van der Waals surface area contributed by atoms with E-state index >= 15 is 0 Å². The van der Waals surface area contributed by atoms with Crippen molar-refractivity contribution in [3.63, 3.8) is 0 Å². The predicted octanol–water partition coefficient (Wildman–Crippen LogP) is 18.2. The summed E-state index contributed by atoms with van der Waals surface area (Å²) in [6, 6.07) is 94.0. The first-order valence-corrected chi connectivity index (χ1v) is 22.6. The standard InChI is InChI=1S/C64H43NO/c1-3-16-48(17-4-1)55-21-9-10-22-58(55)63-56(49-18-5-2-6-19-49)24-13-26-60(63)65(54-41-37-50(38-42-54)57-25-14-28-62-64(57)59-23-11-12-27-61(59)66-62)53-39-35-46(36-40-53)45-29-31-47(32-30-45)52-34-33-44-15-7-8-20-51(44)43-52/h1-43H. The van der Waals surface area contributed by atoms with Gasteiger partial charge in [-0.05, 0) is 121 Å². The highest BCUT2D eigenvalue weighted by molar-refractivity contribution is 6.12. The fraction of sp³-hybridized carbons (Fsp3) is 0. The van der Waals surface area contributed by atoms with Crippen molar-refractivity contribution in [2.24, 2.45) is 0 Å². The molecule has 12 rings (SSSR count). The highest BCUT2D eigenvalue weighted by Crippen LogP contribution is 2.48. The number of hydrogen-bond acceptors (Lipinski definition) is 2. The average Bonchev–Trinajstić information content (AvgIpc) is 3.79. The van der Waals surface area contributed by atoms with Gasteiger partial charge in [0.1, 0.15) is 11.2 Å². The van der Waals surface area contributed by atoms with E-state index in [1.807, 2.05) is 12.1 Å². The zero-order chi connectivity index (χ0) is 43.8. The van der Waals surface area contributed by atoms with Crippen molar-refractivity contribution in [1.29, 1.82) is 0 Å². The van der Waals surface area contributed by atoms with E-state index in [4.69, 9.17) is 4.42 Å². The van der Waals surface area contributed by atoms with E-state index in [-0.39, 0.29) is 0 Å². The fourth-order valence-corrected chi connectivity index (χ4v) is 9.70. The van der Waals surface area contributed by atoms with E-state index in [1.54, 1.807) is 0 Å². The van der Waals surface area contributed by atoms with Crippen LogP contribution in [0, 0.1) is 0 Å². The van der Waals surface area contributed by atoms with E-state index in [0.29, 0.717) is 0 Å². The van der Waals surface area contributed by atoms with Gasteiger partial charge in [0.05, 0.1) is 5.69 Å². The molecule has 310 valence electrons. The van der Waals surface area contributed by atoms with Gasteiger partial charge >= 0.3 is 0 Å². The van der Waals surface area contributed by atoms with Crippen molar-refractivity contribution in [2.75, 3.05) is 4.90 Å². The second kappa shape index (κ2) is 16.8. The Morgan fingerprint density at radius 2 is 0.742 bits per heavy atom. The molecule has 12 aromatic rings. The highest BCUT2D eigenvalue weighted by atomic mass is 16.3. The van der Waals surface area contributed by atoms with Gasteiger partial charge in [0, 0.05) is 27.7 Å². The topological polar surface area (TPSA) is 16.4 Å². The van der Waals surface area contributed by atoms with Gasteiger partial charge in [0.25, 0.3) is 0 Å². The van der Waals surface area contributed by atoms with Crippen LogP contribution >= 0.6 is 0 Å². The van der Waals surface area contributed by atoms with Gasteiger partial charge in [0.15, 0.2) is 0 Å². The molecule has 66 heavy (non-hydrogen) atoms.